The summed E-state index contributed by atoms with van der Waals surface area (Å²) in [5.74, 6) is 0. The minimum atomic E-state index is -0.355. The quantitative estimate of drug-likeness (QED) is 0.626. The fraction of sp³-hybridized carbons (Fsp3) is 0.308. The van der Waals surface area contributed by atoms with Crippen LogP contribution in [0.4, 0.5) is 5.69 Å². The number of rotatable bonds is 6. The molecule has 0 saturated heterocycles. The molecule has 0 radical (unpaired) electrons. The van der Waals surface area contributed by atoms with Crippen LogP contribution in [0.15, 0.2) is 34.2 Å². The van der Waals surface area contributed by atoms with Crippen LogP contribution in [-0.4, -0.2) is 9.91 Å². The van der Waals surface area contributed by atoms with Crippen molar-refractivity contribution in [3.05, 3.63) is 54.9 Å². The molecule has 2 rings (SSSR count). The third-order valence-electron chi connectivity index (χ3n) is 2.94. The number of aromatic nitrogens is 1. The van der Waals surface area contributed by atoms with E-state index in [0.717, 1.165) is 11.4 Å². The zero-order valence-corrected chi connectivity index (χ0v) is 13.3. The van der Waals surface area contributed by atoms with E-state index in [-0.39, 0.29) is 16.7 Å². The van der Waals surface area contributed by atoms with Gasteiger partial charge in [-0.25, -0.2) is 4.98 Å². The number of halogens is 1. The molecule has 1 aromatic heterocycles. The highest BCUT2D eigenvalue weighted by molar-refractivity contribution is 9.10. The van der Waals surface area contributed by atoms with Crippen molar-refractivity contribution in [2.45, 2.75) is 25.9 Å². The van der Waals surface area contributed by atoms with Crippen LogP contribution in [0, 0.1) is 10.1 Å². The van der Waals surface area contributed by atoms with Crippen LogP contribution < -0.4 is 5.32 Å². The number of nitrogens with one attached hydrogen (secondary N) is 1. The number of hydrogen-bond donors (Lipinski definition) is 1. The zero-order valence-electron chi connectivity index (χ0n) is 10.9. The highest BCUT2D eigenvalue weighted by atomic mass is 79.9. The van der Waals surface area contributed by atoms with Crippen molar-refractivity contribution in [3.8, 4) is 0 Å². The fourth-order valence-corrected chi connectivity index (χ4v) is 3.05. The summed E-state index contributed by atoms with van der Waals surface area (Å²) in [7, 11) is 0. The Bertz CT molecular complexity index is 589. The number of hydrogen-bond acceptors (Lipinski definition) is 5. The minimum absolute atomic E-state index is 0.123. The highest BCUT2D eigenvalue weighted by Crippen LogP contribution is 2.25. The fourth-order valence-electron chi connectivity index (χ4n) is 1.90. The predicted molar refractivity (Wildman–Crippen MR) is 82.8 cm³/mol. The molecule has 0 aliphatic carbocycles. The van der Waals surface area contributed by atoms with E-state index in [4.69, 9.17) is 0 Å². The molecule has 1 atom stereocenters. The van der Waals surface area contributed by atoms with Crippen LogP contribution in [0.5, 0.6) is 0 Å². The van der Waals surface area contributed by atoms with Crippen LogP contribution in [0.1, 0.15) is 30.0 Å². The average Bonchev–Trinajstić information content (AvgIpc) is 2.94. The molecule has 2 aromatic rings. The van der Waals surface area contributed by atoms with Gasteiger partial charge in [0, 0.05) is 34.2 Å². The summed E-state index contributed by atoms with van der Waals surface area (Å²) in [6.45, 7) is 2.51. The molecule has 1 heterocycles. The molecule has 5 nitrogen and oxygen atoms in total. The number of thiazole rings is 1. The largest absolute Gasteiger partial charge is 0.304 e. The maximum Gasteiger partial charge on any atom is 0.275 e. The lowest BCUT2D eigenvalue weighted by molar-refractivity contribution is -0.385. The van der Waals surface area contributed by atoms with Gasteiger partial charge in [-0.3, -0.25) is 10.1 Å². The van der Waals surface area contributed by atoms with E-state index < -0.39 is 0 Å². The smallest absolute Gasteiger partial charge is 0.275 e. The van der Waals surface area contributed by atoms with Crippen molar-refractivity contribution in [2.24, 2.45) is 0 Å². The SMILES string of the molecule is CCC(NCc1ccc(Br)cc1[N+](=O)[O-])c1nccs1. The summed E-state index contributed by atoms with van der Waals surface area (Å²) in [5.41, 5.74) is 0.800. The van der Waals surface area contributed by atoms with Crippen molar-refractivity contribution >= 4 is 33.0 Å². The van der Waals surface area contributed by atoms with Gasteiger partial charge in [0.1, 0.15) is 5.01 Å². The molecule has 1 aromatic carbocycles. The van der Waals surface area contributed by atoms with Gasteiger partial charge < -0.3 is 5.32 Å². The lowest BCUT2D eigenvalue weighted by atomic mass is 10.1. The van der Waals surface area contributed by atoms with Gasteiger partial charge in [0.2, 0.25) is 0 Å². The van der Waals surface area contributed by atoms with E-state index >= 15 is 0 Å². The summed E-state index contributed by atoms with van der Waals surface area (Å²) in [6, 6.07) is 5.23. The van der Waals surface area contributed by atoms with Crippen molar-refractivity contribution in [1.29, 1.82) is 0 Å². The van der Waals surface area contributed by atoms with Gasteiger partial charge in [-0.05, 0) is 18.6 Å². The second kappa shape index (κ2) is 6.92. The molecule has 0 aliphatic rings. The van der Waals surface area contributed by atoms with Gasteiger partial charge in [-0.15, -0.1) is 11.3 Å². The van der Waals surface area contributed by atoms with Crippen LogP contribution in [-0.2, 0) is 6.54 Å². The second-order valence-electron chi connectivity index (χ2n) is 4.24. The van der Waals surface area contributed by atoms with Crippen LogP contribution in [0.25, 0.3) is 0 Å². The monoisotopic (exact) mass is 355 g/mol. The van der Waals surface area contributed by atoms with Crippen molar-refractivity contribution in [3.63, 3.8) is 0 Å². The topological polar surface area (TPSA) is 68.1 Å². The predicted octanol–water partition coefficient (Wildman–Crippen LogP) is 4.05. The molecule has 106 valence electrons. The van der Waals surface area contributed by atoms with E-state index in [9.17, 15) is 10.1 Å². The second-order valence-corrected chi connectivity index (χ2v) is 6.08. The lowest BCUT2D eigenvalue weighted by Gasteiger charge is -2.14. The lowest BCUT2D eigenvalue weighted by Crippen LogP contribution is -2.20. The molecule has 1 unspecified atom stereocenters. The summed E-state index contributed by atoms with van der Waals surface area (Å²) in [6.07, 6.45) is 2.66. The van der Waals surface area contributed by atoms with Gasteiger partial charge in [0.25, 0.3) is 5.69 Å². The molecule has 1 N–H and O–H groups in total. The average molecular weight is 356 g/mol. The maximum atomic E-state index is 11.1. The molecule has 7 heteroatoms. The first-order valence-corrected chi connectivity index (χ1v) is 7.84. The van der Waals surface area contributed by atoms with Crippen molar-refractivity contribution < 1.29 is 4.92 Å². The molecular formula is C13H14BrN3O2S. The van der Waals surface area contributed by atoms with E-state index in [2.05, 4.69) is 33.2 Å². The highest BCUT2D eigenvalue weighted by Gasteiger charge is 2.16. The summed E-state index contributed by atoms with van der Waals surface area (Å²) in [5, 5.41) is 17.3. The third-order valence-corrected chi connectivity index (χ3v) is 4.32. The summed E-state index contributed by atoms with van der Waals surface area (Å²) >= 11 is 4.85. The Balaban J connectivity index is 2.12. The first kappa shape index (κ1) is 15.1. The first-order chi connectivity index (χ1) is 9.61. The number of nitro benzene ring substituents is 1. The zero-order chi connectivity index (χ0) is 14.5. The van der Waals surface area contributed by atoms with Crippen molar-refractivity contribution in [2.75, 3.05) is 0 Å². The van der Waals surface area contributed by atoms with Crippen LogP contribution >= 0.6 is 27.3 Å². The Morgan fingerprint density at radius 1 is 1.55 bits per heavy atom. The minimum Gasteiger partial charge on any atom is -0.304 e. The molecular weight excluding hydrogens is 342 g/mol. The van der Waals surface area contributed by atoms with Gasteiger partial charge in [-0.1, -0.05) is 22.9 Å². The van der Waals surface area contributed by atoms with E-state index in [0.29, 0.717) is 16.6 Å². The molecule has 0 bridgehead atoms. The summed E-state index contributed by atoms with van der Waals surface area (Å²) in [4.78, 5) is 15.0. The van der Waals surface area contributed by atoms with Gasteiger partial charge in [0.05, 0.1) is 11.0 Å². The normalized spacial score (nSPS) is 12.3. The van der Waals surface area contributed by atoms with E-state index in [1.807, 2.05) is 11.4 Å². The first-order valence-electron chi connectivity index (χ1n) is 6.17. The Morgan fingerprint density at radius 2 is 2.35 bits per heavy atom. The molecule has 0 saturated carbocycles. The van der Waals surface area contributed by atoms with Gasteiger partial charge in [-0.2, -0.15) is 0 Å². The van der Waals surface area contributed by atoms with Crippen LogP contribution in [0.2, 0.25) is 0 Å². The summed E-state index contributed by atoms with van der Waals surface area (Å²) < 4.78 is 0.708. The number of benzene rings is 1. The Labute approximate surface area is 129 Å². The van der Waals surface area contributed by atoms with E-state index in [1.54, 1.807) is 23.6 Å². The molecule has 0 amide bonds. The molecule has 0 fully saturated rings. The van der Waals surface area contributed by atoms with Crippen LogP contribution in [0.3, 0.4) is 0 Å². The molecule has 20 heavy (non-hydrogen) atoms. The molecule has 0 spiro atoms. The van der Waals surface area contributed by atoms with Gasteiger partial charge in [0.15, 0.2) is 0 Å². The van der Waals surface area contributed by atoms with E-state index in [1.165, 1.54) is 6.07 Å². The number of nitrogens with zero attached hydrogens (tertiary/aromatic N) is 2. The molecule has 0 aliphatic heterocycles. The third kappa shape index (κ3) is 3.62. The van der Waals surface area contributed by atoms with Crippen molar-refractivity contribution in [1.82, 2.24) is 10.3 Å². The Hall–Kier alpha value is -1.31. The van der Waals surface area contributed by atoms with Gasteiger partial charge >= 0.3 is 0 Å². The standard InChI is InChI=1S/C13H14BrN3O2S/c1-2-11(13-15-5-6-20-13)16-8-9-3-4-10(14)7-12(9)17(18)19/h3-7,11,16H,2,8H2,1H3. The maximum absolute atomic E-state index is 11.1. The Morgan fingerprint density at radius 3 is 2.95 bits per heavy atom. The Kier molecular flexibility index (Phi) is 5.22. The number of nitro groups is 1.